The molecule has 1 heterocycles. The summed E-state index contributed by atoms with van der Waals surface area (Å²) in [4.78, 5) is 10.7. The first-order chi connectivity index (χ1) is 4.34. The van der Waals surface area contributed by atoms with E-state index < -0.39 is 0 Å². The maximum atomic E-state index is 10.7. The van der Waals surface area contributed by atoms with Gasteiger partial charge in [-0.15, -0.1) is 0 Å². The van der Waals surface area contributed by atoms with Gasteiger partial charge in [0.25, 0.3) is 0 Å². The Hall–Kier alpha value is -0.530. The van der Waals surface area contributed by atoms with Crippen molar-refractivity contribution in [1.29, 1.82) is 0 Å². The molecule has 1 rings (SSSR count). The van der Waals surface area contributed by atoms with Gasteiger partial charge in [-0.2, -0.15) is 0 Å². The van der Waals surface area contributed by atoms with Gasteiger partial charge in [-0.05, 0) is 12.8 Å². The van der Waals surface area contributed by atoms with E-state index in [-0.39, 0.29) is 5.97 Å². The minimum absolute atomic E-state index is 0.0724. The molecular formula is C7H11O2. The summed E-state index contributed by atoms with van der Waals surface area (Å²) in [6.07, 6.45) is 2.82. The Morgan fingerprint density at radius 1 is 1.67 bits per heavy atom. The Morgan fingerprint density at radius 3 is 2.89 bits per heavy atom. The van der Waals surface area contributed by atoms with E-state index in [4.69, 9.17) is 4.74 Å². The first kappa shape index (κ1) is 6.59. The maximum Gasteiger partial charge on any atom is 0.313 e. The molecule has 1 aliphatic heterocycles. The van der Waals surface area contributed by atoms with Crippen LogP contribution in [0.3, 0.4) is 0 Å². The predicted molar refractivity (Wildman–Crippen MR) is 33.7 cm³/mol. The average molecular weight is 127 g/mol. The third kappa shape index (κ3) is 1.44. The van der Waals surface area contributed by atoms with Crippen molar-refractivity contribution < 1.29 is 9.53 Å². The van der Waals surface area contributed by atoms with Crippen LogP contribution in [0, 0.1) is 5.92 Å². The molecule has 0 bridgehead atoms. The van der Waals surface area contributed by atoms with E-state index in [1.54, 1.807) is 0 Å². The molecule has 1 aliphatic rings. The van der Waals surface area contributed by atoms with Gasteiger partial charge in [-0.25, -0.2) is 0 Å². The third-order valence-electron chi connectivity index (χ3n) is 1.48. The van der Waals surface area contributed by atoms with E-state index in [2.05, 4.69) is 6.92 Å². The van der Waals surface area contributed by atoms with Gasteiger partial charge in [-0.3, -0.25) is 4.79 Å². The molecule has 0 N–H and O–H groups in total. The van der Waals surface area contributed by atoms with Crippen molar-refractivity contribution in [3.05, 3.63) is 5.92 Å². The molecule has 2 nitrogen and oxygen atoms in total. The summed E-state index contributed by atoms with van der Waals surface area (Å²) in [6, 6.07) is 0. The zero-order valence-corrected chi connectivity index (χ0v) is 5.64. The number of hydrogen-bond donors (Lipinski definition) is 0. The van der Waals surface area contributed by atoms with Crippen LogP contribution in [0.1, 0.15) is 26.2 Å². The van der Waals surface area contributed by atoms with Crippen molar-refractivity contribution in [2.45, 2.75) is 26.2 Å². The number of hydrogen-bond acceptors (Lipinski definition) is 2. The molecule has 0 spiro atoms. The topological polar surface area (TPSA) is 26.3 Å². The highest BCUT2D eigenvalue weighted by Crippen LogP contribution is 2.21. The molecular weight excluding hydrogens is 116 g/mol. The van der Waals surface area contributed by atoms with Crippen LogP contribution < -0.4 is 0 Å². The smallest absolute Gasteiger partial charge is 0.313 e. The number of cyclic esters (lactones) is 1. The van der Waals surface area contributed by atoms with Crippen molar-refractivity contribution in [1.82, 2.24) is 0 Å². The Bertz CT molecular complexity index is 109. The highest BCUT2D eigenvalue weighted by atomic mass is 16.5. The molecule has 0 aromatic carbocycles. The highest BCUT2D eigenvalue weighted by molar-refractivity contribution is 5.86. The van der Waals surface area contributed by atoms with Crippen molar-refractivity contribution in [3.8, 4) is 0 Å². The van der Waals surface area contributed by atoms with Gasteiger partial charge in [0.2, 0.25) is 0 Å². The second-order valence-corrected chi connectivity index (χ2v) is 2.24. The number of carbonyl (C=O) groups is 1. The minimum Gasteiger partial charge on any atom is -0.465 e. The molecule has 0 saturated carbocycles. The SMILES string of the molecule is CCC[C]1CCOC1=O. The fourth-order valence-corrected chi connectivity index (χ4v) is 1.000. The fraction of sp³-hybridized carbons (Fsp3) is 0.714. The Labute approximate surface area is 55.2 Å². The molecule has 1 fully saturated rings. The van der Waals surface area contributed by atoms with Crippen LogP contribution in [-0.2, 0) is 9.53 Å². The van der Waals surface area contributed by atoms with Crippen LogP contribution in [0.5, 0.6) is 0 Å². The van der Waals surface area contributed by atoms with Gasteiger partial charge in [0.1, 0.15) is 0 Å². The second-order valence-electron chi connectivity index (χ2n) is 2.24. The lowest BCUT2D eigenvalue weighted by Crippen LogP contribution is -2.03. The summed E-state index contributed by atoms with van der Waals surface area (Å²) in [5.74, 6) is 0.898. The first-order valence-electron chi connectivity index (χ1n) is 3.36. The Kier molecular flexibility index (Phi) is 2.09. The monoisotopic (exact) mass is 127 g/mol. The molecule has 0 amide bonds. The van der Waals surface area contributed by atoms with Crippen molar-refractivity contribution >= 4 is 5.97 Å². The molecule has 1 radical (unpaired) electrons. The first-order valence-corrected chi connectivity index (χ1v) is 3.36. The molecule has 0 atom stereocenters. The average Bonchev–Trinajstić information content (AvgIpc) is 2.18. The van der Waals surface area contributed by atoms with Crippen LogP contribution >= 0.6 is 0 Å². The fourth-order valence-electron chi connectivity index (χ4n) is 1.000. The lowest BCUT2D eigenvalue weighted by atomic mass is 10.0. The van der Waals surface area contributed by atoms with Crippen molar-refractivity contribution in [2.75, 3.05) is 6.61 Å². The lowest BCUT2D eigenvalue weighted by molar-refractivity contribution is -0.136. The standard InChI is InChI=1S/C7H11O2/c1-2-3-6-4-5-9-7(6)8/h2-5H2,1H3. The zero-order valence-electron chi connectivity index (χ0n) is 5.64. The van der Waals surface area contributed by atoms with Gasteiger partial charge in [0.15, 0.2) is 0 Å². The summed E-state index contributed by atoms with van der Waals surface area (Å²) in [5.41, 5.74) is 0. The molecule has 0 unspecified atom stereocenters. The third-order valence-corrected chi connectivity index (χ3v) is 1.48. The quantitative estimate of drug-likeness (QED) is 0.523. The van der Waals surface area contributed by atoms with Crippen LogP contribution in [0.4, 0.5) is 0 Å². The largest absolute Gasteiger partial charge is 0.465 e. The number of ether oxygens (including phenoxy) is 1. The number of rotatable bonds is 2. The zero-order chi connectivity index (χ0) is 6.69. The summed E-state index contributed by atoms with van der Waals surface area (Å²) >= 11 is 0. The minimum atomic E-state index is -0.0724. The van der Waals surface area contributed by atoms with Gasteiger partial charge in [0, 0.05) is 0 Å². The van der Waals surface area contributed by atoms with Gasteiger partial charge in [0.05, 0.1) is 12.5 Å². The van der Waals surface area contributed by atoms with E-state index >= 15 is 0 Å². The maximum absolute atomic E-state index is 10.7. The summed E-state index contributed by atoms with van der Waals surface area (Å²) < 4.78 is 4.74. The van der Waals surface area contributed by atoms with Crippen molar-refractivity contribution in [3.63, 3.8) is 0 Å². The van der Waals surface area contributed by atoms with E-state index in [1.165, 1.54) is 0 Å². The Balaban J connectivity index is 2.31. The molecule has 2 heteroatoms. The second kappa shape index (κ2) is 2.85. The molecule has 0 aliphatic carbocycles. The van der Waals surface area contributed by atoms with Gasteiger partial charge < -0.3 is 4.74 Å². The van der Waals surface area contributed by atoms with Crippen LogP contribution in [-0.4, -0.2) is 12.6 Å². The molecule has 51 valence electrons. The van der Waals surface area contributed by atoms with E-state index in [0.29, 0.717) is 6.61 Å². The summed E-state index contributed by atoms with van der Waals surface area (Å²) in [7, 11) is 0. The lowest BCUT2D eigenvalue weighted by Gasteiger charge is -1.98. The van der Waals surface area contributed by atoms with Crippen LogP contribution in [0.2, 0.25) is 0 Å². The predicted octanol–water partition coefficient (Wildman–Crippen LogP) is 1.31. The summed E-state index contributed by atoms with van der Waals surface area (Å²) in [5, 5.41) is 0. The summed E-state index contributed by atoms with van der Waals surface area (Å²) in [6.45, 7) is 2.67. The van der Waals surface area contributed by atoms with E-state index in [0.717, 1.165) is 25.2 Å². The van der Waals surface area contributed by atoms with E-state index in [1.807, 2.05) is 0 Å². The van der Waals surface area contributed by atoms with Gasteiger partial charge in [-0.1, -0.05) is 13.3 Å². The molecule has 0 aromatic heterocycles. The van der Waals surface area contributed by atoms with Crippen molar-refractivity contribution in [2.24, 2.45) is 0 Å². The molecule has 9 heavy (non-hydrogen) atoms. The Morgan fingerprint density at radius 2 is 2.44 bits per heavy atom. The molecule has 0 aromatic rings. The normalized spacial score (nSPS) is 20.3. The van der Waals surface area contributed by atoms with Crippen LogP contribution in [0.25, 0.3) is 0 Å². The number of carbonyl (C=O) groups excluding carboxylic acids is 1. The van der Waals surface area contributed by atoms with Crippen LogP contribution in [0.15, 0.2) is 0 Å². The number of esters is 1. The highest BCUT2D eigenvalue weighted by Gasteiger charge is 2.25. The van der Waals surface area contributed by atoms with Gasteiger partial charge >= 0.3 is 5.97 Å². The van der Waals surface area contributed by atoms with E-state index in [9.17, 15) is 4.79 Å². The molecule has 1 saturated heterocycles.